The van der Waals surface area contributed by atoms with Gasteiger partial charge in [0.1, 0.15) is 9.88 Å². The number of aryl methyl sites for hydroxylation is 2. The van der Waals surface area contributed by atoms with Crippen LogP contribution in [0.15, 0.2) is 42.5 Å². The third kappa shape index (κ3) is 3.79. The van der Waals surface area contributed by atoms with Gasteiger partial charge in [0.2, 0.25) is 0 Å². The average molecular weight is 441 g/mol. The molecule has 1 fully saturated rings. The van der Waals surface area contributed by atoms with Crippen molar-refractivity contribution < 1.29 is 14.4 Å². The van der Waals surface area contributed by atoms with Gasteiger partial charge in [-0.2, -0.15) is 0 Å². The number of benzene rings is 2. The van der Waals surface area contributed by atoms with Crippen molar-refractivity contribution in [1.82, 2.24) is 10.3 Å². The van der Waals surface area contributed by atoms with Gasteiger partial charge in [-0.3, -0.25) is 9.59 Å². The number of hydrogen-bond acceptors (Lipinski definition) is 5. The maximum Gasteiger partial charge on any atom is 0.329 e. The number of amides is 4. The van der Waals surface area contributed by atoms with Crippen molar-refractivity contribution in [2.75, 3.05) is 16.8 Å². The number of hydrogen-bond donors (Lipinski definition) is 2. The van der Waals surface area contributed by atoms with Crippen LogP contribution in [0.3, 0.4) is 0 Å². The van der Waals surface area contributed by atoms with Crippen molar-refractivity contribution in [3.63, 3.8) is 0 Å². The van der Waals surface area contributed by atoms with Crippen LogP contribution in [0.2, 0.25) is 5.02 Å². The third-order valence-corrected chi connectivity index (χ3v) is 6.07. The molecule has 4 amide bonds. The average Bonchev–Trinajstić information content (AvgIpc) is 3.26. The molecule has 0 saturated carbocycles. The van der Waals surface area contributed by atoms with Crippen LogP contribution in [0.4, 0.5) is 16.2 Å². The van der Waals surface area contributed by atoms with E-state index in [-0.39, 0.29) is 18.4 Å². The molecule has 152 valence electrons. The number of aromatic nitrogens is 1. The highest BCUT2D eigenvalue weighted by molar-refractivity contribution is 7.17. The van der Waals surface area contributed by atoms with Crippen molar-refractivity contribution >= 4 is 52.2 Å². The zero-order valence-electron chi connectivity index (χ0n) is 16.2. The fraction of sp³-hybridized carbons (Fsp3) is 0.143. The van der Waals surface area contributed by atoms with E-state index in [0.717, 1.165) is 16.0 Å². The number of thiazole rings is 1. The Morgan fingerprint density at radius 1 is 1.20 bits per heavy atom. The Hall–Kier alpha value is -3.23. The number of urea groups is 1. The normalized spacial score (nSPS) is 13.5. The first-order chi connectivity index (χ1) is 14.3. The first-order valence-corrected chi connectivity index (χ1v) is 10.3. The lowest BCUT2D eigenvalue weighted by atomic mass is 10.1. The Bertz CT molecular complexity index is 1170. The van der Waals surface area contributed by atoms with Gasteiger partial charge >= 0.3 is 6.03 Å². The van der Waals surface area contributed by atoms with Crippen molar-refractivity contribution in [2.45, 2.75) is 13.8 Å². The number of imide groups is 1. The van der Waals surface area contributed by atoms with Gasteiger partial charge in [-0.25, -0.2) is 14.7 Å². The van der Waals surface area contributed by atoms with Gasteiger partial charge in [0.15, 0.2) is 0 Å². The quantitative estimate of drug-likeness (QED) is 0.588. The third-order valence-electron chi connectivity index (χ3n) is 4.63. The number of rotatable bonds is 4. The molecule has 0 spiro atoms. The number of nitrogens with one attached hydrogen (secondary N) is 2. The Labute approximate surface area is 181 Å². The largest absolute Gasteiger partial charge is 0.329 e. The Morgan fingerprint density at radius 2 is 2.00 bits per heavy atom. The van der Waals surface area contributed by atoms with E-state index in [1.807, 2.05) is 12.1 Å². The summed E-state index contributed by atoms with van der Waals surface area (Å²) < 4.78 is 0. The van der Waals surface area contributed by atoms with E-state index in [1.54, 1.807) is 44.2 Å². The number of nitrogens with zero attached hydrogens (tertiary/aromatic N) is 2. The van der Waals surface area contributed by atoms with Gasteiger partial charge in [0.05, 0.1) is 17.9 Å². The van der Waals surface area contributed by atoms with Crippen LogP contribution >= 0.6 is 22.9 Å². The molecule has 9 heteroatoms. The van der Waals surface area contributed by atoms with E-state index >= 15 is 0 Å². The zero-order chi connectivity index (χ0) is 21.4. The topological polar surface area (TPSA) is 91.4 Å². The summed E-state index contributed by atoms with van der Waals surface area (Å²) in [5, 5.41) is 6.62. The molecule has 7 nitrogen and oxygen atoms in total. The molecule has 0 atom stereocenters. The van der Waals surface area contributed by atoms with Crippen LogP contribution in [-0.2, 0) is 4.79 Å². The van der Waals surface area contributed by atoms with Gasteiger partial charge in [0.25, 0.3) is 11.8 Å². The van der Waals surface area contributed by atoms with Crippen LogP contribution in [0.25, 0.3) is 10.6 Å². The maximum atomic E-state index is 12.9. The van der Waals surface area contributed by atoms with Crippen LogP contribution in [0.1, 0.15) is 20.9 Å². The van der Waals surface area contributed by atoms with Gasteiger partial charge < -0.3 is 10.6 Å². The summed E-state index contributed by atoms with van der Waals surface area (Å²) in [4.78, 5) is 42.9. The predicted octanol–water partition coefficient (Wildman–Crippen LogP) is 4.39. The summed E-state index contributed by atoms with van der Waals surface area (Å²) in [6.45, 7) is 3.53. The molecular formula is C21H17ClN4O3S. The molecule has 1 aliphatic rings. The van der Waals surface area contributed by atoms with E-state index in [1.165, 1.54) is 11.3 Å². The summed E-state index contributed by atoms with van der Waals surface area (Å²) in [7, 11) is 0. The highest BCUT2D eigenvalue weighted by atomic mass is 35.5. The Morgan fingerprint density at radius 3 is 2.70 bits per heavy atom. The SMILES string of the molecule is Cc1ccc(NC(=O)c2sc(-c3cccc(Cl)c3)nc2C)cc1N1C(=O)CNC1=O. The van der Waals surface area contributed by atoms with Crippen LogP contribution in [0.5, 0.6) is 0 Å². The molecule has 1 aromatic heterocycles. The summed E-state index contributed by atoms with van der Waals surface area (Å²) >= 11 is 7.33. The Kier molecular flexibility index (Phi) is 5.27. The van der Waals surface area contributed by atoms with Crippen molar-refractivity contribution in [2.24, 2.45) is 0 Å². The maximum absolute atomic E-state index is 12.9. The smallest absolute Gasteiger partial charge is 0.328 e. The first-order valence-electron chi connectivity index (χ1n) is 9.09. The highest BCUT2D eigenvalue weighted by Gasteiger charge is 2.31. The number of carbonyl (C=O) groups excluding carboxylic acids is 3. The molecular weight excluding hydrogens is 424 g/mol. The fourth-order valence-corrected chi connectivity index (χ4v) is 4.28. The molecule has 4 rings (SSSR count). The van der Waals surface area contributed by atoms with E-state index in [2.05, 4.69) is 15.6 Å². The van der Waals surface area contributed by atoms with Crippen molar-refractivity contribution in [3.05, 3.63) is 63.6 Å². The second kappa shape index (κ2) is 7.89. The monoisotopic (exact) mass is 440 g/mol. The first kappa shape index (κ1) is 20.1. The van der Waals surface area contributed by atoms with Crippen molar-refractivity contribution in [3.8, 4) is 10.6 Å². The molecule has 30 heavy (non-hydrogen) atoms. The molecule has 3 aromatic rings. The molecule has 0 radical (unpaired) electrons. The van der Waals surface area contributed by atoms with Crippen molar-refractivity contribution in [1.29, 1.82) is 0 Å². The summed E-state index contributed by atoms with van der Waals surface area (Å²) in [5.74, 6) is -0.652. The molecule has 1 aliphatic heterocycles. The summed E-state index contributed by atoms with van der Waals surface area (Å²) in [5.41, 5.74) is 3.11. The summed E-state index contributed by atoms with van der Waals surface area (Å²) in [6.07, 6.45) is 0. The van der Waals surface area contributed by atoms with Gasteiger partial charge in [-0.05, 0) is 43.7 Å². The molecule has 1 saturated heterocycles. The second-order valence-electron chi connectivity index (χ2n) is 6.79. The van der Waals surface area contributed by atoms with E-state index in [9.17, 15) is 14.4 Å². The number of carbonyl (C=O) groups is 3. The molecule has 2 heterocycles. The lowest BCUT2D eigenvalue weighted by Crippen LogP contribution is -2.31. The zero-order valence-corrected chi connectivity index (χ0v) is 17.7. The number of halogens is 1. The van der Waals surface area contributed by atoms with Crippen LogP contribution in [-0.4, -0.2) is 29.4 Å². The number of anilines is 2. The van der Waals surface area contributed by atoms with E-state index in [0.29, 0.717) is 32.0 Å². The van der Waals surface area contributed by atoms with Gasteiger partial charge in [-0.1, -0.05) is 29.8 Å². The molecule has 2 aromatic carbocycles. The minimum Gasteiger partial charge on any atom is -0.328 e. The second-order valence-corrected chi connectivity index (χ2v) is 8.22. The van der Waals surface area contributed by atoms with Gasteiger partial charge in [0, 0.05) is 16.3 Å². The lowest BCUT2D eigenvalue weighted by Gasteiger charge is -2.16. The predicted molar refractivity (Wildman–Crippen MR) is 117 cm³/mol. The minimum atomic E-state index is -0.476. The summed E-state index contributed by atoms with van der Waals surface area (Å²) in [6, 6.07) is 11.9. The molecule has 0 aliphatic carbocycles. The van der Waals surface area contributed by atoms with E-state index < -0.39 is 6.03 Å². The van der Waals surface area contributed by atoms with Crippen LogP contribution in [0, 0.1) is 13.8 Å². The minimum absolute atomic E-state index is 0.0405. The molecule has 0 bridgehead atoms. The standard InChI is InChI=1S/C21H17ClN4O3S/c1-11-6-7-15(9-16(11)26-17(27)10-23-21(26)29)25-19(28)18-12(2)24-20(30-18)13-4-3-5-14(22)8-13/h3-9H,10H2,1-2H3,(H,23,29)(H,25,28). The molecule has 0 unspecified atom stereocenters. The van der Waals surface area contributed by atoms with Crippen LogP contribution < -0.4 is 15.5 Å². The lowest BCUT2D eigenvalue weighted by molar-refractivity contribution is -0.115. The fourth-order valence-electron chi connectivity index (χ4n) is 3.13. The van der Waals surface area contributed by atoms with Gasteiger partial charge in [-0.15, -0.1) is 11.3 Å². The molecule has 2 N–H and O–H groups in total. The van der Waals surface area contributed by atoms with E-state index in [4.69, 9.17) is 11.6 Å². The Balaban J connectivity index is 1.60. The highest BCUT2D eigenvalue weighted by Crippen LogP contribution is 2.31.